The van der Waals surface area contributed by atoms with Crippen LogP contribution in [-0.2, 0) is 24.5 Å². The molecule has 0 unspecified atom stereocenters. The third-order valence-corrected chi connectivity index (χ3v) is 6.94. The molecule has 1 aliphatic rings. The second-order valence-corrected chi connectivity index (χ2v) is 9.47. The Hall–Kier alpha value is -4.70. The summed E-state index contributed by atoms with van der Waals surface area (Å²) in [7, 11) is 1.64. The lowest BCUT2D eigenvalue weighted by atomic mass is 9.89. The van der Waals surface area contributed by atoms with E-state index in [0.717, 1.165) is 44.9 Å². The highest BCUT2D eigenvalue weighted by molar-refractivity contribution is 5.99. The summed E-state index contributed by atoms with van der Waals surface area (Å²) < 4.78 is 38.4. The van der Waals surface area contributed by atoms with E-state index in [1.807, 2.05) is 44.2 Å². The van der Waals surface area contributed by atoms with Gasteiger partial charge in [-0.2, -0.15) is 0 Å². The van der Waals surface area contributed by atoms with Gasteiger partial charge in [-0.25, -0.2) is 14.2 Å². The van der Waals surface area contributed by atoms with E-state index in [2.05, 4.69) is 20.8 Å². The average Bonchev–Trinajstić information content (AvgIpc) is 3.49. The first-order valence-corrected chi connectivity index (χ1v) is 12.9. The predicted molar refractivity (Wildman–Crippen MR) is 147 cm³/mol. The van der Waals surface area contributed by atoms with Crippen molar-refractivity contribution in [3.63, 3.8) is 0 Å². The van der Waals surface area contributed by atoms with Gasteiger partial charge in [-0.05, 0) is 66.4 Å². The predicted octanol–water partition coefficient (Wildman–Crippen LogP) is 5.32. The van der Waals surface area contributed by atoms with Crippen LogP contribution in [0.1, 0.15) is 47.8 Å². The molecule has 0 fully saturated rings. The number of aromatic nitrogens is 4. The molecule has 204 valence electrons. The Kier molecular flexibility index (Phi) is 6.69. The summed E-state index contributed by atoms with van der Waals surface area (Å²) in [6.07, 6.45) is 0. The lowest BCUT2D eigenvalue weighted by Gasteiger charge is -2.15. The fraction of sp³-hybridized carbons (Fsp3) is 0.233. The molecule has 0 saturated heterocycles. The smallest absolute Gasteiger partial charge is 0.439 e. The maximum atomic E-state index is 14.2. The van der Waals surface area contributed by atoms with Crippen molar-refractivity contribution in [3.8, 4) is 11.5 Å². The largest absolute Gasteiger partial charge is 0.492 e. The van der Waals surface area contributed by atoms with Crippen LogP contribution in [0, 0.1) is 5.82 Å². The SMILES string of the molecule is CCOc1cccc2c1nc(COC)n2Cc1ccc2c(c1)COc1cc(F)ccc1/C2=C(/C)c1noc(=O)[nH]1. The maximum absolute atomic E-state index is 14.2. The normalized spacial score (nSPS) is 13.9. The number of ether oxygens (including phenoxy) is 3. The highest BCUT2D eigenvalue weighted by atomic mass is 19.1. The van der Waals surface area contributed by atoms with Gasteiger partial charge in [0.05, 0.1) is 12.1 Å². The molecule has 9 nitrogen and oxygen atoms in total. The molecular formula is C30H27FN4O5. The summed E-state index contributed by atoms with van der Waals surface area (Å²) in [4.78, 5) is 19.1. The van der Waals surface area contributed by atoms with E-state index < -0.39 is 11.6 Å². The molecule has 3 aromatic carbocycles. The number of nitrogens with one attached hydrogen (secondary N) is 1. The number of rotatable bonds is 7. The van der Waals surface area contributed by atoms with Crippen LogP contribution < -0.4 is 15.2 Å². The number of fused-ring (bicyclic) bond motifs is 3. The number of halogens is 1. The minimum Gasteiger partial charge on any atom is -0.492 e. The zero-order chi connectivity index (χ0) is 27.8. The fourth-order valence-electron chi connectivity index (χ4n) is 5.19. The van der Waals surface area contributed by atoms with Gasteiger partial charge in [-0.1, -0.05) is 23.4 Å². The van der Waals surface area contributed by atoms with Crippen molar-refractivity contribution in [2.75, 3.05) is 13.7 Å². The van der Waals surface area contributed by atoms with Gasteiger partial charge in [0, 0.05) is 30.9 Å². The Balaban J connectivity index is 1.47. The van der Waals surface area contributed by atoms with Gasteiger partial charge in [0.2, 0.25) is 0 Å². The van der Waals surface area contributed by atoms with Gasteiger partial charge >= 0.3 is 5.76 Å². The molecule has 0 atom stereocenters. The summed E-state index contributed by atoms with van der Waals surface area (Å²) in [5.41, 5.74) is 6.68. The molecule has 5 aromatic rings. The maximum Gasteiger partial charge on any atom is 0.439 e. The molecule has 1 aliphatic heterocycles. The molecule has 0 aliphatic carbocycles. The van der Waals surface area contributed by atoms with E-state index in [9.17, 15) is 9.18 Å². The minimum atomic E-state index is -0.651. The summed E-state index contributed by atoms with van der Waals surface area (Å²) >= 11 is 0. The van der Waals surface area contributed by atoms with Crippen molar-refractivity contribution >= 4 is 22.2 Å². The molecule has 0 saturated carbocycles. The second kappa shape index (κ2) is 10.5. The van der Waals surface area contributed by atoms with E-state index >= 15 is 0 Å². The summed E-state index contributed by atoms with van der Waals surface area (Å²) in [5, 5.41) is 3.88. The molecule has 2 aromatic heterocycles. The number of benzene rings is 3. The molecule has 0 radical (unpaired) electrons. The Morgan fingerprint density at radius 2 is 2.00 bits per heavy atom. The van der Waals surface area contributed by atoms with E-state index in [1.165, 1.54) is 12.1 Å². The zero-order valence-electron chi connectivity index (χ0n) is 22.3. The number of imidazole rings is 1. The molecule has 0 amide bonds. The van der Waals surface area contributed by atoms with Crippen LogP contribution >= 0.6 is 0 Å². The van der Waals surface area contributed by atoms with Gasteiger partial charge in [0.1, 0.15) is 41.9 Å². The number of hydrogen-bond donors (Lipinski definition) is 1. The van der Waals surface area contributed by atoms with Crippen LogP contribution in [0.3, 0.4) is 0 Å². The number of aromatic amines is 1. The van der Waals surface area contributed by atoms with Gasteiger partial charge in [-0.3, -0.25) is 9.51 Å². The second-order valence-electron chi connectivity index (χ2n) is 9.47. The lowest BCUT2D eigenvalue weighted by Crippen LogP contribution is -2.07. The molecule has 0 bridgehead atoms. The van der Waals surface area contributed by atoms with Gasteiger partial charge in [0.15, 0.2) is 5.82 Å². The quantitative estimate of drug-likeness (QED) is 0.297. The highest BCUT2D eigenvalue weighted by Crippen LogP contribution is 2.41. The Morgan fingerprint density at radius 3 is 2.77 bits per heavy atom. The Bertz CT molecular complexity index is 1820. The Labute approximate surface area is 228 Å². The average molecular weight is 543 g/mol. The molecule has 6 rings (SSSR count). The van der Waals surface area contributed by atoms with Crippen molar-refractivity contribution < 1.29 is 23.1 Å². The van der Waals surface area contributed by atoms with Crippen LogP contribution in [-0.4, -0.2) is 33.4 Å². The van der Waals surface area contributed by atoms with E-state index in [0.29, 0.717) is 42.5 Å². The zero-order valence-corrected chi connectivity index (χ0v) is 22.3. The summed E-state index contributed by atoms with van der Waals surface area (Å²) in [6.45, 7) is 5.44. The number of H-pyrrole nitrogens is 1. The van der Waals surface area contributed by atoms with Crippen LogP contribution in [0.15, 0.2) is 63.9 Å². The third kappa shape index (κ3) is 4.56. The topological polar surface area (TPSA) is 104 Å². The van der Waals surface area contributed by atoms with E-state index in [1.54, 1.807) is 13.2 Å². The molecule has 0 spiro atoms. The van der Waals surface area contributed by atoms with Crippen LogP contribution in [0.4, 0.5) is 4.39 Å². The molecule has 40 heavy (non-hydrogen) atoms. The molecular weight excluding hydrogens is 515 g/mol. The molecule has 3 heterocycles. The standard InChI is InChI=1S/C30H27FN4O5/c1-4-38-24-7-5-6-23-28(24)32-26(16-37-3)35(23)14-18-8-10-21-19(12-18)15-39-25-13-20(31)9-11-22(25)27(21)17(2)29-33-30(36)40-34-29/h5-13H,4,14-16H2,1-3H3,(H,33,34,36)/b27-17-. The molecule has 10 heteroatoms. The number of allylic oxidation sites excluding steroid dienone is 1. The van der Waals surface area contributed by atoms with Crippen molar-refractivity contribution in [2.24, 2.45) is 0 Å². The van der Waals surface area contributed by atoms with Crippen LogP contribution in [0.5, 0.6) is 11.5 Å². The van der Waals surface area contributed by atoms with Crippen molar-refractivity contribution in [3.05, 3.63) is 105 Å². The number of nitrogens with zero attached hydrogens (tertiary/aromatic N) is 3. The number of para-hydroxylation sites is 1. The van der Waals surface area contributed by atoms with Crippen molar-refractivity contribution in [1.82, 2.24) is 19.7 Å². The number of methoxy groups -OCH3 is 1. The van der Waals surface area contributed by atoms with Crippen molar-refractivity contribution in [1.29, 1.82) is 0 Å². The van der Waals surface area contributed by atoms with E-state index in [-0.39, 0.29) is 6.61 Å². The first-order valence-electron chi connectivity index (χ1n) is 12.9. The monoisotopic (exact) mass is 542 g/mol. The third-order valence-electron chi connectivity index (χ3n) is 6.94. The highest BCUT2D eigenvalue weighted by Gasteiger charge is 2.24. The van der Waals surface area contributed by atoms with Gasteiger partial charge in [0.25, 0.3) is 0 Å². The lowest BCUT2D eigenvalue weighted by molar-refractivity contribution is 0.175. The Morgan fingerprint density at radius 1 is 1.15 bits per heavy atom. The van der Waals surface area contributed by atoms with E-state index in [4.69, 9.17) is 23.7 Å². The van der Waals surface area contributed by atoms with Crippen LogP contribution in [0.25, 0.3) is 22.2 Å². The number of hydrogen-bond acceptors (Lipinski definition) is 7. The van der Waals surface area contributed by atoms with Crippen LogP contribution in [0.2, 0.25) is 0 Å². The first kappa shape index (κ1) is 25.6. The van der Waals surface area contributed by atoms with Gasteiger partial charge < -0.3 is 18.8 Å². The molecule has 1 N–H and O–H groups in total. The summed E-state index contributed by atoms with van der Waals surface area (Å²) in [6, 6.07) is 16.5. The van der Waals surface area contributed by atoms with Crippen molar-refractivity contribution in [2.45, 2.75) is 33.6 Å². The first-order chi connectivity index (χ1) is 19.5. The van der Waals surface area contributed by atoms with Gasteiger partial charge in [-0.15, -0.1) is 0 Å². The summed E-state index contributed by atoms with van der Waals surface area (Å²) in [5.74, 6) is 1.16. The fourth-order valence-corrected chi connectivity index (χ4v) is 5.19. The minimum absolute atomic E-state index is 0.232.